The molecular weight excluding hydrogens is 356 g/mol. The van der Waals surface area contributed by atoms with Gasteiger partial charge in [-0.05, 0) is 44.0 Å². The van der Waals surface area contributed by atoms with Gasteiger partial charge in [0.25, 0.3) is 0 Å². The van der Waals surface area contributed by atoms with Gasteiger partial charge in [0.2, 0.25) is 0 Å². The van der Waals surface area contributed by atoms with E-state index in [9.17, 15) is 4.79 Å². The van der Waals surface area contributed by atoms with E-state index in [1.54, 1.807) is 11.0 Å². The molecule has 9 nitrogen and oxygen atoms in total. The van der Waals surface area contributed by atoms with Crippen molar-refractivity contribution in [2.45, 2.75) is 27.3 Å². The number of urea groups is 1. The molecule has 0 radical (unpaired) electrons. The number of nitrogens with zero attached hydrogens (tertiary/aromatic N) is 7. The highest BCUT2D eigenvalue weighted by molar-refractivity contribution is 5.90. The van der Waals surface area contributed by atoms with E-state index < -0.39 is 0 Å². The topological polar surface area (TPSA) is 92.1 Å². The molecule has 2 amide bonds. The predicted octanol–water partition coefficient (Wildman–Crippen LogP) is 2.21. The first kappa shape index (κ1) is 18.1. The maximum absolute atomic E-state index is 12.6. The number of carbonyl (C=O) groups is 1. The third-order valence-corrected chi connectivity index (χ3v) is 5.20. The zero-order valence-corrected chi connectivity index (χ0v) is 16.4. The molecule has 1 fully saturated rings. The molecule has 3 aromatic rings. The van der Waals surface area contributed by atoms with Crippen LogP contribution in [0.2, 0.25) is 0 Å². The van der Waals surface area contributed by atoms with Crippen LogP contribution in [0.3, 0.4) is 0 Å². The van der Waals surface area contributed by atoms with E-state index in [1.807, 2.05) is 36.9 Å². The second kappa shape index (κ2) is 7.41. The largest absolute Gasteiger partial charge is 0.351 e. The molecule has 2 aromatic heterocycles. The van der Waals surface area contributed by atoms with Crippen LogP contribution in [0, 0.1) is 13.8 Å². The van der Waals surface area contributed by atoms with Crippen molar-refractivity contribution >= 4 is 28.7 Å². The third kappa shape index (κ3) is 3.35. The molecule has 0 saturated carbocycles. The Bertz CT molecular complexity index is 1010. The number of hydrogen-bond donors (Lipinski definition) is 1. The lowest BCUT2D eigenvalue weighted by Crippen LogP contribution is -2.50. The minimum atomic E-state index is -0.0762. The normalized spacial score (nSPS) is 14.5. The summed E-state index contributed by atoms with van der Waals surface area (Å²) in [6.45, 7) is 9.41. The summed E-state index contributed by atoms with van der Waals surface area (Å²) in [6.07, 6.45) is 1.55. The van der Waals surface area contributed by atoms with E-state index in [2.05, 4.69) is 37.4 Å². The number of fused-ring (bicyclic) bond motifs is 1. The van der Waals surface area contributed by atoms with E-state index in [0.29, 0.717) is 38.2 Å². The Morgan fingerprint density at radius 2 is 1.89 bits per heavy atom. The number of aryl methyl sites for hydroxylation is 3. The fourth-order valence-corrected chi connectivity index (χ4v) is 3.37. The van der Waals surface area contributed by atoms with Crippen LogP contribution in [0.5, 0.6) is 0 Å². The smallest absolute Gasteiger partial charge is 0.321 e. The number of aromatic nitrogens is 5. The zero-order valence-electron chi connectivity index (χ0n) is 16.4. The van der Waals surface area contributed by atoms with Crippen LogP contribution in [0.25, 0.3) is 11.2 Å². The first-order valence-electron chi connectivity index (χ1n) is 9.49. The molecule has 1 saturated heterocycles. The quantitative estimate of drug-likeness (QED) is 0.749. The summed E-state index contributed by atoms with van der Waals surface area (Å²) in [5.41, 5.74) is 4.64. The molecule has 0 unspecified atom stereocenters. The molecule has 0 bridgehead atoms. The van der Waals surface area contributed by atoms with E-state index >= 15 is 0 Å². The van der Waals surface area contributed by atoms with Gasteiger partial charge < -0.3 is 15.1 Å². The van der Waals surface area contributed by atoms with Gasteiger partial charge in [-0.1, -0.05) is 11.3 Å². The first-order chi connectivity index (χ1) is 13.6. The molecule has 1 aliphatic rings. The molecule has 146 valence electrons. The van der Waals surface area contributed by atoms with Crippen molar-refractivity contribution in [2.75, 3.05) is 36.4 Å². The molecule has 0 atom stereocenters. The maximum atomic E-state index is 12.6. The van der Waals surface area contributed by atoms with E-state index in [0.717, 1.165) is 22.7 Å². The van der Waals surface area contributed by atoms with Crippen LogP contribution in [-0.4, -0.2) is 62.1 Å². The van der Waals surface area contributed by atoms with Crippen molar-refractivity contribution in [1.82, 2.24) is 29.9 Å². The van der Waals surface area contributed by atoms with Crippen LogP contribution in [0.1, 0.15) is 18.1 Å². The first-order valence-corrected chi connectivity index (χ1v) is 9.49. The maximum Gasteiger partial charge on any atom is 0.321 e. The number of hydrogen-bond acceptors (Lipinski definition) is 6. The zero-order chi connectivity index (χ0) is 19.7. The number of amides is 2. The van der Waals surface area contributed by atoms with Gasteiger partial charge in [-0.2, -0.15) is 0 Å². The number of rotatable bonds is 3. The summed E-state index contributed by atoms with van der Waals surface area (Å²) in [6, 6.07) is 5.88. The van der Waals surface area contributed by atoms with Crippen LogP contribution < -0.4 is 10.2 Å². The van der Waals surface area contributed by atoms with Gasteiger partial charge in [-0.25, -0.2) is 19.4 Å². The Morgan fingerprint density at radius 1 is 1.11 bits per heavy atom. The highest BCUT2D eigenvalue weighted by Gasteiger charge is 2.24. The molecule has 1 aromatic carbocycles. The summed E-state index contributed by atoms with van der Waals surface area (Å²) in [5.74, 6) is 0.777. The molecule has 0 spiro atoms. The monoisotopic (exact) mass is 380 g/mol. The standard InChI is InChI=1S/C19H24N8O/c1-4-27-18-16(23-24-27)17(20-12-21-18)25-7-9-26(10-8-25)19(28)22-15-6-5-13(2)14(3)11-15/h5-6,11-12H,4,7-10H2,1-3H3,(H,22,28). The van der Waals surface area contributed by atoms with Gasteiger partial charge in [0, 0.05) is 38.4 Å². The number of benzene rings is 1. The van der Waals surface area contributed by atoms with Gasteiger partial charge in [-0.15, -0.1) is 5.10 Å². The van der Waals surface area contributed by atoms with Crippen LogP contribution in [0.15, 0.2) is 24.5 Å². The summed E-state index contributed by atoms with van der Waals surface area (Å²) in [7, 11) is 0. The van der Waals surface area contributed by atoms with Gasteiger partial charge >= 0.3 is 6.03 Å². The molecule has 4 rings (SSSR count). The molecule has 0 aliphatic carbocycles. The number of nitrogens with one attached hydrogen (secondary N) is 1. The van der Waals surface area contributed by atoms with Gasteiger partial charge in [0.15, 0.2) is 17.0 Å². The third-order valence-electron chi connectivity index (χ3n) is 5.20. The average molecular weight is 380 g/mol. The van der Waals surface area contributed by atoms with Crippen molar-refractivity contribution in [3.63, 3.8) is 0 Å². The summed E-state index contributed by atoms with van der Waals surface area (Å²) in [5, 5.41) is 11.4. The molecule has 9 heteroatoms. The fraction of sp³-hybridized carbons (Fsp3) is 0.421. The minimum absolute atomic E-state index is 0.0762. The molecule has 28 heavy (non-hydrogen) atoms. The lowest BCUT2D eigenvalue weighted by atomic mass is 10.1. The second-order valence-corrected chi connectivity index (χ2v) is 6.98. The lowest BCUT2D eigenvalue weighted by Gasteiger charge is -2.35. The van der Waals surface area contributed by atoms with Crippen molar-refractivity contribution < 1.29 is 4.79 Å². The Kier molecular flexibility index (Phi) is 4.81. The van der Waals surface area contributed by atoms with Crippen LogP contribution in [-0.2, 0) is 6.54 Å². The summed E-state index contributed by atoms with van der Waals surface area (Å²) < 4.78 is 1.76. The van der Waals surface area contributed by atoms with Crippen LogP contribution >= 0.6 is 0 Å². The predicted molar refractivity (Wildman–Crippen MR) is 108 cm³/mol. The van der Waals surface area contributed by atoms with Gasteiger partial charge in [-0.3, -0.25) is 0 Å². The Hall–Kier alpha value is -3.23. The van der Waals surface area contributed by atoms with Crippen LogP contribution in [0.4, 0.5) is 16.3 Å². The SMILES string of the molecule is CCn1nnc2c(N3CCN(C(=O)Nc4ccc(C)c(C)c4)CC3)ncnc21. The fourth-order valence-electron chi connectivity index (χ4n) is 3.37. The second-order valence-electron chi connectivity index (χ2n) is 6.98. The van der Waals surface area contributed by atoms with E-state index in [4.69, 9.17) is 0 Å². The van der Waals surface area contributed by atoms with Crippen molar-refractivity contribution in [2.24, 2.45) is 0 Å². The summed E-state index contributed by atoms with van der Waals surface area (Å²) in [4.78, 5) is 25.3. The van der Waals surface area contributed by atoms with E-state index in [1.165, 1.54) is 5.56 Å². The van der Waals surface area contributed by atoms with E-state index in [-0.39, 0.29) is 6.03 Å². The number of anilines is 2. The highest BCUT2D eigenvalue weighted by Crippen LogP contribution is 2.22. The van der Waals surface area contributed by atoms with Gasteiger partial charge in [0.05, 0.1) is 0 Å². The van der Waals surface area contributed by atoms with Crippen molar-refractivity contribution in [3.8, 4) is 0 Å². The van der Waals surface area contributed by atoms with Crippen molar-refractivity contribution in [1.29, 1.82) is 0 Å². The lowest BCUT2D eigenvalue weighted by molar-refractivity contribution is 0.208. The number of piperazine rings is 1. The highest BCUT2D eigenvalue weighted by atomic mass is 16.2. The molecule has 1 N–H and O–H groups in total. The average Bonchev–Trinajstić information content (AvgIpc) is 3.14. The summed E-state index contributed by atoms with van der Waals surface area (Å²) >= 11 is 0. The molecule has 1 aliphatic heterocycles. The van der Waals surface area contributed by atoms with Crippen molar-refractivity contribution in [3.05, 3.63) is 35.7 Å². The molecular formula is C19H24N8O. The molecule has 3 heterocycles. The van der Waals surface area contributed by atoms with Gasteiger partial charge in [0.1, 0.15) is 6.33 Å². The number of carbonyl (C=O) groups excluding carboxylic acids is 1. The minimum Gasteiger partial charge on any atom is -0.351 e. The Morgan fingerprint density at radius 3 is 2.61 bits per heavy atom. The Labute approximate surface area is 163 Å². The Balaban J connectivity index is 1.42.